The van der Waals surface area contributed by atoms with Crippen LogP contribution in [0, 0.1) is 10.1 Å². The van der Waals surface area contributed by atoms with Crippen LogP contribution in [-0.2, 0) is 15.8 Å². The number of hydrogen-bond donors (Lipinski definition) is 1. The number of carbonyl (C=O) groups is 1. The predicted octanol–water partition coefficient (Wildman–Crippen LogP) is 1.77. The molecular weight excluding hydrogens is 394 g/mol. The standard InChI is InChI=1S/C15H11N5O5S2/c21-14(12-8-26-15(18-12)11-7-16-5-6-17-11)19-27(24,25)9-10-3-1-2-4-13(10)20(22)23/h1-8H,9H2,(H,19,21). The molecule has 3 aromatic rings. The molecule has 1 N–H and O–H groups in total. The van der Waals surface area contributed by atoms with Gasteiger partial charge in [0.05, 0.1) is 11.1 Å². The lowest BCUT2D eigenvalue weighted by atomic mass is 10.2. The van der Waals surface area contributed by atoms with E-state index in [-0.39, 0.29) is 16.9 Å². The number of carbonyl (C=O) groups excluding carboxylic acids is 1. The number of aromatic nitrogens is 3. The highest BCUT2D eigenvalue weighted by Gasteiger charge is 2.23. The van der Waals surface area contributed by atoms with Gasteiger partial charge in [0.1, 0.15) is 22.1 Å². The highest BCUT2D eigenvalue weighted by atomic mass is 32.2. The van der Waals surface area contributed by atoms with E-state index in [0.717, 1.165) is 11.3 Å². The first-order chi connectivity index (χ1) is 12.9. The number of nitro benzene ring substituents is 1. The van der Waals surface area contributed by atoms with E-state index in [4.69, 9.17) is 0 Å². The lowest BCUT2D eigenvalue weighted by Gasteiger charge is -2.06. The maximum Gasteiger partial charge on any atom is 0.284 e. The van der Waals surface area contributed by atoms with Gasteiger partial charge in [-0.1, -0.05) is 18.2 Å². The normalized spacial score (nSPS) is 11.1. The van der Waals surface area contributed by atoms with Gasteiger partial charge in [-0.25, -0.2) is 18.1 Å². The van der Waals surface area contributed by atoms with E-state index in [2.05, 4.69) is 15.0 Å². The van der Waals surface area contributed by atoms with Crippen LogP contribution in [0.5, 0.6) is 0 Å². The Bertz CT molecular complexity index is 1100. The highest BCUT2D eigenvalue weighted by molar-refractivity contribution is 7.89. The predicted molar refractivity (Wildman–Crippen MR) is 96.3 cm³/mol. The maximum atomic E-state index is 12.2. The van der Waals surface area contributed by atoms with Crippen LogP contribution in [0.4, 0.5) is 5.69 Å². The fourth-order valence-corrected chi connectivity index (χ4v) is 4.02. The average molecular weight is 405 g/mol. The quantitative estimate of drug-likeness (QED) is 0.482. The molecular formula is C15H11N5O5S2. The molecule has 0 aliphatic carbocycles. The summed E-state index contributed by atoms with van der Waals surface area (Å²) in [5.74, 6) is -1.64. The third kappa shape index (κ3) is 4.48. The Balaban J connectivity index is 1.76. The van der Waals surface area contributed by atoms with Crippen LogP contribution in [0.1, 0.15) is 16.1 Å². The average Bonchev–Trinajstić information content (AvgIpc) is 3.12. The Morgan fingerprint density at radius 2 is 2.04 bits per heavy atom. The number of thiazole rings is 1. The van der Waals surface area contributed by atoms with Crippen molar-refractivity contribution < 1.29 is 18.1 Å². The van der Waals surface area contributed by atoms with Gasteiger partial charge in [-0.05, 0) is 0 Å². The molecule has 0 saturated heterocycles. The maximum absolute atomic E-state index is 12.2. The van der Waals surface area contributed by atoms with Crippen LogP contribution in [0.2, 0.25) is 0 Å². The van der Waals surface area contributed by atoms with Gasteiger partial charge >= 0.3 is 0 Å². The Hall–Kier alpha value is -3.25. The summed E-state index contributed by atoms with van der Waals surface area (Å²) in [6.45, 7) is 0. The monoisotopic (exact) mass is 405 g/mol. The third-order valence-corrected chi connectivity index (χ3v) is 5.35. The van der Waals surface area contributed by atoms with Crippen LogP contribution in [0.25, 0.3) is 10.7 Å². The topological polar surface area (TPSA) is 145 Å². The summed E-state index contributed by atoms with van der Waals surface area (Å²) in [5.41, 5.74) is -0.0219. The van der Waals surface area contributed by atoms with E-state index in [0.29, 0.717) is 10.7 Å². The van der Waals surface area contributed by atoms with E-state index in [1.165, 1.54) is 48.2 Å². The molecule has 0 unspecified atom stereocenters. The van der Waals surface area contributed by atoms with Gasteiger partial charge in [0.25, 0.3) is 11.6 Å². The summed E-state index contributed by atoms with van der Waals surface area (Å²) in [4.78, 5) is 34.5. The van der Waals surface area contributed by atoms with Crippen molar-refractivity contribution in [2.75, 3.05) is 0 Å². The fraction of sp³-hybridized carbons (Fsp3) is 0.0667. The summed E-state index contributed by atoms with van der Waals surface area (Å²) in [5, 5.41) is 12.8. The van der Waals surface area contributed by atoms with Gasteiger partial charge in [0.2, 0.25) is 10.0 Å². The number of nitro groups is 1. The molecule has 0 fully saturated rings. The molecule has 0 radical (unpaired) electrons. The molecule has 1 amide bonds. The van der Waals surface area contributed by atoms with Gasteiger partial charge in [-0.3, -0.25) is 24.9 Å². The Morgan fingerprint density at radius 1 is 1.26 bits per heavy atom. The Morgan fingerprint density at radius 3 is 2.74 bits per heavy atom. The van der Waals surface area contributed by atoms with Crippen LogP contribution in [0.3, 0.4) is 0 Å². The van der Waals surface area contributed by atoms with Gasteiger partial charge < -0.3 is 0 Å². The van der Waals surface area contributed by atoms with Crippen molar-refractivity contribution in [3.63, 3.8) is 0 Å². The van der Waals surface area contributed by atoms with Crippen molar-refractivity contribution in [2.24, 2.45) is 0 Å². The minimum Gasteiger partial charge on any atom is -0.266 e. The lowest BCUT2D eigenvalue weighted by Crippen LogP contribution is -2.32. The first-order valence-electron chi connectivity index (χ1n) is 7.35. The number of amides is 1. The summed E-state index contributed by atoms with van der Waals surface area (Å²) in [7, 11) is -4.16. The number of rotatable bonds is 6. The van der Waals surface area contributed by atoms with Crippen molar-refractivity contribution in [2.45, 2.75) is 5.75 Å². The molecule has 27 heavy (non-hydrogen) atoms. The van der Waals surface area contributed by atoms with E-state index in [1.807, 2.05) is 4.72 Å². The molecule has 0 saturated carbocycles. The van der Waals surface area contributed by atoms with Gasteiger partial charge in [-0.2, -0.15) is 0 Å². The van der Waals surface area contributed by atoms with Crippen LogP contribution >= 0.6 is 11.3 Å². The molecule has 1 aromatic carbocycles. The molecule has 0 atom stereocenters. The van der Waals surface area contributed by atoms with E-state index in [9.17, 15) is 23.3 Å². The van der Waals surface area contributed by atoms with Gasteiger partial charge in [-0.15, -0.1) is 11.3 Å². The Kier molecular flexibility index (Phi) is 5.19. The van der Waals surface area contributed by atoms with Crippen LogP contribution in [-0.4, -0.2) is 34.2 Å². The van der Waals surface area contributed by atoms with E-state index in [1.54, 1.807) is 0 Å². The van der Waals surface area contributed by atoms with Crippen molar-refractivity contribution in [3.05, 3.63) is 69.6 Å². The Labute approximate surface area is 157 Å². The highest BCUT2D eigenvalue weighted by Crippen LogP contribution is 2.22. The van der Waals surface area contributed by atoms with Gasteiger partial charge in [0, 0.05) is 29.4 Å². The second kappa shape index (κ2) is 7.55. The molecule has 0 bridgehead atoms. The number of para-hydroxylation sites is 1. The molecule has 0 spiro atoms. The third-order valence-electron chi connectivity index (χ3n) is 3.30. The number of sulfonamides is 1. The number of nitrogens with one attached hydrogen (secondary N) is 1. The molecule has 0 aliphatic rings. The van der Waals surface area contributed by atoms with Crippen LogP contribution < -0.4 is 4.72 Å². The number of benzene rings is 1. The zero-order valence-corrected chi connectivity index (χ0v) is 15.1. The summed E-state index contributed by atoms with van der Waals surface area (Å²) in [6.07, 6.45) is 4.42. The summed E-state index contributed by atoms with van der Waals surface area (Å²) < 4.78 is 26.3. The minimum absolute atomic E-state index is 0.0265. The van der Waals surface area contributed by atoms with Crippen molar-refractivity contribution in [1.82, 2.24) is 19.7 Å². The van der Waals surface area contributed by atoms with E-state index >= 15 is 0 Å². The molecule has 0 aliphatic heterocycles. The van der Waals surface area contributed by atoms with Crippen molar-refractivity contribution in [1.29, 1.82) is 0 Å². The second-order valence-electron chi connectivity index (χ2n) is 5.20. The fourth-order valence-electron chi connectivity index (χ4n) is 2.15. The van der Waals surface area contributed by atoms with Crippen molar-refractivity contribution >= 4 is 33.0 Å². The second-order valence-corrected chi connectivity index (χ2v) is 7.79. The first-order valence-corrected chi connectivity index (χ1v) is 9.88. The summed E-state index contributed by atoms with van der Waals surface area (Å²) in [6, 6.07) is 5.42. The molecule has 138 valence electrons. The number of hydrogen-bond acceptors (Lipinski definition) is 9. The zero-order chi connectivity index (χ0) is 19.4. The zero-order valence-electron chi connectivity index (χ0n) is 13.5. The number of nitrogens with zero attached hydrogens (tertiary/aromatic N) is 4. The lowest BCUT2D eigenvalue weighted by molar-refractivity contribution is -0.385. The van der Waals surface area contributed by atoms with Gasteiger partial charge in [0.15, 0.2) is 0 Å². The molecule has 10 nitrogen and oxygen atoms in total. The summed E-state index contributed by atoms with van der Waals surface area (Å²) >= 11 is 1.11. The van der Waals surface area contributed by atoms with Crippen LogP contribution in [0.15, 0.2) is 48.2 Å². The largest absolute Gasteiger partial charge is 0.284 e. The molecule has 3 rings (SSSR count). The molecule has 2 aromatic heterocycles. The smallest absolute Gasteiger partial charge is 0.266 e. The molecule has 2 heterocycles. The minimum atomic E-state index is -4.16. The van der Waals surface area contributed by atoms with Crippen molar-refractivity contribution in [3.8, 4) is 10.7 Å². The first kappa shape index (κ1) is 18.5. The SMILES string of the molecule is O=C(NS(=O)(=O)Cc1ccccc1[N+](=O)[O-])c1csc(-c2cnccn2)n1. The molecule has 12 heteroatoms. The van der Waals surface area contributed by atoms with E-state index < -0.39 is 26.6 Å².